The average Bonchev–Trinajstić information content (AvgIpc) is 3.72. The normalized spacial score (nSPS) is 13.2. The molecule has 0 saturated carbocycles. The van der Waals surface area contributed by atoms with E-state index in [0.29, 0.717) is 34.9 Å². The van der Waals surface area contributed by atoms with Crippen LogP contribution in [-0.2, 0) is 4.74 Å². The van der Waals surface area contributed by atoms with E-state index in [-0.39, 0.29) is 5.69 Å². The van der Waals surface area contributed by atoms with Gasteiger partial charge in [-0.1, -0.05) is 63.3 Å². The van der Waals surface area contributed by atoms with Gasteiger partial charge in [0.2, 0.25) is 0 Å². The number of esters is 1. The van der Waals surface area contributed by atoms with Crippen LogP contribution in [0.2, 0.25) is 0 Å². The number of ether oxygens (including phenoxy) is 3. The molecule has 9 nitrogen and oxygen atoms in total. The van der Waals surface area contributed by atoms with Crippen molar-refractivity contribution in [2.45, 2.75) is 66.2 Å². The number of aromatic nitrogens is 3. The van der Waals surface area contributed by atoms with Crippen molar-refractivity contribution in [3.05, 3.63) is 83.3 Å². The van der Waals surface area contributed by atoms with Crippen LogP contribution in [-0.4, -0.2) is 54.5 Å². The first kappa shape index (κ1) is 33.6. The number of benzene rings is 2. The van der Waals surface area contributed by atoms with Gasteiger partial charge in [0, 0.05) is 18.7 Å². The molecule has 2 aromatic heterocycles. The molecule has 0 radical (unpaired) electrons. The maximum Gasteiger partial charge on any atom is 0.359 e. The fourth-order valence-electron chi connectivity index (χ4n) is 6.20. The second-order valence-corrected chi connectivity index (χ2v) is 11.6. The van der Waals surface area contributed by atoms with Crippen LogP contribution in [0.4, 0.5) is 11.4 Å². The second-order valence-electron chi connectivity index (χ2n) is 11.6. The molecule has 0 saturated heterocycles. The van der Waals surface area contributed by atoms with Gasteiger partial charge in [0.05, 0.1) is 48.8 Å². The smallest absolute Gasteiger partial charge is 0.359 e. The highest BCUT2D eigenvalue weighted by Crippen LogP contribution is 2.41. The maximum atomic E-state index is 13.6. The molecular weight excluding hydrogens is 590 g/mol. The lowest BCUT2D eigenvalue weighted by atomic mass is 10.0. The first-order chi connectivity index (χ1) is 23.0. The molecule has 4 aromatic rings. The van der Waals surface area contributed by atoms with Gasteiger partial charge in [0.25, 0.3) is 0 Å². The number of fused-ring (bicyclic) bond motifs is 2. The Kier molecular flexibility index (Phi) is 11.2. The van der Waals surface area contributed by atoms with Crippen LogP contribution in [0.25, 0.3) is 22.9 Å². The Morgan fingerprint density at radius 1 is 0.851 bits per heavy atom. The molecule has 0 fully saturated rings. The molecule has 0 aliphatic carbocycles. The first-order valence-electron chi connectivity index (χ1n) is 16.8. The molecule has 0 bridgehead atoms. The van der Waals surface area contributed by atoms with Crippen LogP contribution in [0.15, 0.2) is 66.5 Å². The SMILES string of the molecule is CCCCCCCCOC(=O)c1nn2/c(=C\C=C\C=C3N(CC)c4ccccc4N3CC)c(C)nc2c1-c1cc(OC)ccc1OC. The molecule has 1 aliphatic heterocycles. The third kappa shape index (κ3) is 6.99. The lowest BCUT2D eigenvalue weighted by Crippen LogP contribution is -2.27. The van der Waals surface area contributed by atoms with Crippen LogP contribution >= 0.6 is 0 Å². The fourth-order valence-corrected chi connectivity index (χ4v) is 6.20. The van der Waals surface area contributed by atoms with Crippen LogP contribution in [0.3, 0.4) is 0 Å². The van der Waals surface area contributed by atoms with E-state index in [0.717, 1.165) is 49.2 Å². The molecule has 0 spiro atoms. The number of anilines is 2. The van der Waals surface area contributed by atoms with Gasteiger partial charge in [0.1, 0.15) is 17.3 Å². The van der Waals surface area contributed by atoms with Crippen LogP contribution in [0.1, 0.15) is 75.5 Å². The quantitative estimate of drug-likeness (QED) is 0.0979. The van der Waals surface area contributed by atoms with E-state index in [2.05, 4.69) is 60.9 Å². The fraction of sp³-hybridized carbons (Fsp3) is 0.395. The molecule has 1 aliphatic rings. The predicted molar refractivity (Wildman–Crippen MR) is 189 cm³/mol. The van der Waals surface area contributed by atoms with E-state index in [1.165, 1.54) is 30.6 Å². The molecule has 0 N–H and O–H groups in total. The largest absolute Gasteiger partial charge is 0.497 e. The van der Waals surface area contributed by atoms with E-state index in [4.69, 9.17) is 24.3 Å². The number of unbranched alkanes of at least 4 members (excludes halogenated alkanes) is 5. The number of para-hydroxylation sites is 2. The van der Waals surface area contributed by atoms with Crippen LogP contribution in [0.5, 0.6) is 11.5 Å². The Balaban J connectivity index is 1.51. The van der Waals surface area contributed by atoms with E-state index in [1.807, 2.05) is 43.4 Å². The summed E-state index contributed by atoms with van der Waals surface area (Å²) >= 11 is 0. The van der Waals surface area contributed by atoms with E-state index in [9.17, 15) is 4.79 Å². The maximum absolute atomic E-state index is 13.6. The summed E-state index contributed by atoms with van der Waals surface area (Å²) in [6.45, 7) is 10.6. The van der Waals surface area contributed by atoms with Gasteiger partial charge in [-0.05, 0) is 69.7 Å². The summed E-state index contributed by atoms with van der Waals surface area (Å²) in [7, 11) is 3.21. The van der Waals surface area contributed by atoms with Gasteiger partial charge in [-0.3, -0.25) is 0 Å². The van der Waals surface area contributed by atoms with E-state index in [1.54, 1.807) is 18.7 Å². The highest BCUT2D eigenvalue weighted by molar-refractivity contribution is 6.01. The Morgan fingerprint density at radius 3 is 2.19 bits per heavy atom. The molecule has 0 amide bonds. The second kappa shape index (κ2) is 15.7. The molecule has 9 heteroatoms. The summed E-state index contributed by atoms with van der Waals surface area (Å²) in [5.74, 6) is 1.87. The Morgan fingerprint density at radius 2 is 1.53 bits per heavy atom. The van der Waals surface area contributed by atoms with Gasteiger partial charge in [-0.2, -0.15) is 5.10 Å². The topological polar surface area (TPSA) is 81.4 Å². The molecular formula is C38H47N5O4. The third-order valence-electron chi connectivity index (χ3n) is 8.59. The number of hydrogen-bond donors (Lipinski definition) is 0. The van der Waals surface area contributed by atoms with Crippen molar-refractivity contribution in [1.29, 1.82) is 0 Å². The summed E-state index contributed by atoms with van der Waals surface area (Å²) in [4.78, 5) is 23.1. The standard InChI is InChI=1S/C38H47N5O4/c1-7-10-11-12-13-18-25-47-38(44)36-35(29-26-28(45-5)23-24-33(29)46-6)37-39-27(4)30(43(37)40-36)19-16-17-22-34-41(8-2)31-20-14-15-21-32(31)42(34)9-3/h14-17,19-24,26H,7-13,18,25H2,1-6H3/b17-16+,30-19-. The number of carbonyl (C=O) groups is 1. The van der Waals surface area contributed by atoms with Crippen molar-refractivity contribution in [3.8, 4) is 22.6 Å². The lowest BCUT2D eigenvalue weighted by molar-refractivity contribution is 0.0491. The Hall–Kier alpha value is -4.79. The minimum Gasteiger partial charge on any atom is -0.497 e. The van der Waals surface area contributed by atoms with Crippen molar-refractivity contribution in [2.24, 2.45) is 0 Å². The molecule has 0 unspecified atom stereocenters. The zero-order valence-electron chi connectivity index (χ0n) is 28.6. The van der Waals surface area contributed by atoms with Crippen LogP contribution < -0.4 is 24.6 Å². The number of hydrogen-bond acceptors (Lipinski definition) is 8. The molecule has 0 atom stereocenters. The summed E-state index contributed by atoms with van der Waals surface area (Å²) in [5, 5.41) is 5.58. The highest BCUT2D eigenvalue weighted by atomic mass is 16.5. The van der Waals surface area contributed by atoms with Gasteiger partial charge in [-0.25, -0.2) is 14.3 Å². The number of allylic oxidation sites excluding steroid dienone is 3. The zero-order valence-corrected chi connectivity index (χ0v) is 28.6. The van der Waals surface area contributed by atoms with Crippen LogP contribution in [0, 0.1) is 6.92 Å². The summed E-state index contributed by atoms with van der Waals surface area (Å²) in [5.41, 5.74) is 5.20. The van der Waals surface area contributed by atoms with Crippen molar-refractivity contribution < 1.29 is 19.0 Å². The molecule has 248 valence electrons. The van der Waals surface area contributed by atoms with Gasteiger partial charge in [0.15, 0.2) is 11.3 Å². The minimum absolute atomic E-state index is 0.201. The average molecular weight is 638 g/mol. The predicted octanol–water partition coefficient (Wildman–Crippen LogP) is 7.50. The van der Waals surface area contributed by atoms with E-state index >= 15 is 0 Å². The number of carbonyl (C=O) groups excluding carboxylic acids is 1. The number of imidazole rings is 1. The number of methoxy groups -OCH3 is 2. The van der Waals surface area contributed by atoms with E-state index < -0.39 is 5.97 Å². The van der Waals surface area contributed by atoms with Crippen molar-refractivity contribution in [1.82, 2.24) is 14.6 Å². The third-order valence-corrected chi connectivity index (χ3v) is 8.59. The van der Waals surface area contributed by atoms with Crippen molar-refractivity contribution in [3.63, 3.8) is 0 Å². The minimum atomic E-state index is -0.479. The number of aryl methyl sites for hydroxylation is 1. The molecule has 5 rings (SSSR count). The summed E-state index contributed by atoms with van der Waals surface area (Å²) < 4.78 is 18.7. The zero-order chi connectivity index (χ0) is 33.3. The Bertz CT molecular complexity index is 1780. The van der Waals surface area contributed by atoms with Crippen molar-refractivity contribution in [2.75, 3.05) is 43.7 Å². The summed E-state index contributed by atoms with van der Waals surface area (Å²) in [6, 6.07) is 14.0. The molecule has 3 heterocycles. The molecule has 2 aromatic carbocycles. The lowest BCUT2D eigenvalue weighted by Gasteiger charge is -2.23. The number of nitrogens with zero attached hydrogens (tertiary/aromatic N) is 5. The Labute approximate surface area is 278 Å². The van der Waals surface area contributed by atoms with Crippen molar-refractivity contribution >= 4 is 29.1 Å². The first-order valence-corrected chi connectivity index (χ1v) is 16.8. The monoisotopic (exact) mass is 637 g/mol. The highest BCUT2D eigenvalue weighted by Gasteiger charge is 2.29. The van der Waals surface area contributed by atoms with Gasteiger partial charge >= 0.3 is 5.97 Å². The van der Waals surface area contributed by atoms with Gasteiger partial charge in [-0.15, -0.1) is 0 Å². The molecule has 47 heavy (non-hydrogen) atoms. The van der Waals surface area contributed by atoms with Gasteiger partial charge < -0.3 is 24.0 Å². The summed E-state index contributed by atoms with van der Waals surface area (Å²) in [6.07, 6.45) is 14.8. The number of rotatable bonds is 15.